The first kappa shape index (κ1) is 19.2. The number of hydrogen-bond donors (Lipinski definition) is 0. The summed E-state index contributed by atoms with van der Waals surface area (Å²) in [7, 11) is -4.09. The van der Waals surface area contributed by atoms with Gasteiger partial charge in [-0.15, -0.1) is 0 Å². The molecule has 2 fully saturated rings. The Balaban J connectivity index is 1.78. The summed E-state index contributed by atoms with van der Waals surface area (Å²) in [6, 6.07) is 5.72. The van der Waals surface area contributed by atoms with Gasteiger partial charge in [-0.2, -0.15) is 8.42 Å². The van der Waals surface area contributed by atoms with E-state index in [4.69, 9.17) is 0 Å². The molecule has 0 radical (unpaired) electrons. The van der Waals surface area contributed by atoms with Gasteiger partial charge in [0.05, 0.1) is 0 Å². The summed E-state index contributed by atoms with van der Waals surface area (Å²) in [5, 5.41) is 0. The number of anilines is 1. The molecule has 27 heavy (non-hydrogen) atoms. The van der Waals surface area contributed by atoms with Gasteiger partial charge in [0.2, 0.25) is 0 Å². The standard InChI is InChI=1S/C17H23N5O4S/c1-3-21-16(23)14(17(24)22(4-2)27(21,25)26)13-19-9-11-20(12-10-19)15-7-5-6-8-18-15/h5-8,13H,3-4,9-12H2,1-2H3. The lowest BCUT2D eigenvalue weighted by molar-refractivity contribution is -0.131. The zero-order chi connectivity index (χ0) is 19.6. The maximum atomic E-state index is 12.6. The molecule has 3 rings (SSSR count). The summed E-state index contributed by atoms with van der Waals surface area (Å²) in [5.74, 6) is -0.645. The maximum absolute atomic E-state index is 12.6. The number of carbonyl (C=O) groups is 2. The summed E-state index contributed by atoms with van der Waals surface area (Å²) in [4.78, 5) is 33.5. The molecule has 0 atom stereocenters. The van der Waals surface area contributed by atoms with E-state index in [1.54, 1.807) is 20.0 Å². The van der Waals surface area contributed by atoms with Crippen LogP contribution in [0.3, 0.4) is 0 Å². The quantitative estimate of drug-likeness (QED) is 0.527. The number of hydrogen-bond acceptors (Lipinski definition) is 7. The Kier molecular flexibility index (Phi) is 5.36. The molecule has 0 saturated carbocycles. The van der Waals surface area contributed by atoms with E-state index in [0.29, 0.717) is 26.2 Å². The average molecular weight is 393 g/mol. The van der Waals surface area contributed by atoms with Crippen LogP contribution in [0.4, 0.5) is 5.82 Å². The third-order valence-corrected chi connectivity index (χ3v) is 6.61. The van der Waals surface area contributed by atoms with Crippen molar-refractivity contribution in [3.63, 3.8) is 0 Å². The molecule has 2 saturated heterocycles. The highest BCUT2D eigenvalue weighted by molar-refractivity contribution is 7.88. The van der Waals surface area contributed by atoms with Crippen LogP contribution in [0.15, 0.2) is 36.2 Å². The molecule has 1 aromatic heterocycles. The number of pyridine rings is 1. The van der Waals surface area contributed by atoms with Gasteiger partial charge in [-0.1, -0.05) is 6.07 Å². The molecule has 2 amide bonds. The molecule has 146 valence electrons. The molecule has 0 aliphatic carbocycles. The molecule has 0 aromatic carbocycles. The van der Waals surface area contributed by atoms with Crippen molar-refractivity contribution >= 4 is 27.8 Å². The van der Waals surface area contributed by atoms with Crippen molar-refractivity contribution in [1.29, 1.82) is 0 Å². The van der Waals surface area contributed by atoms with E-state index in [-0.39, 0.29) is 18.7 Å². The summed E-state index contributed by atoms with van der Waals surface area (Å²) in [5.41, 5.74) is -0.111. The molecule has 3 heterocycles. The molecular weight excluding hydrogens is 370 g/mol. The van der Waals surface area contributed by atoms with Crippen molar-refractivity contribution in [2.45, 2.75) is 13.8 Å². The minimum absolute atomic E-state index is 0.0181. The normalized spacial score (nSPS) is 20.3. The Morgan fingerprint density at radius 1 is 1.00 bits per heavy atom. The van der Waals surface area contributed by atoms with E-state index in [9.17, 15) is 18.0 Å². The van der Waals surface area contributed by atoms with Gasteiger partial charge >= 0.3 is 10.2 Å². The smallest absolute Gasteiger partial charge is 0.331 e. The lowest BCUT2D eigenvalue weighted by atomic mass is 10.2. The van der Waals surface area contributed by atoms with Crippen LogP contribution in [-0.2, 0) is 19.8 Å². The molecule has 0 unspecified atom stereocenters. The first-order chi connectivity index (χ1) is 12.9. The van der Waals surface area contributed by atoms with Crippen molar-refractivity contribution in [3.05, 3.63) is 36.2 Å². The lowest BCUT2D eigenvalue weighted by Gasteiger charge is -2.37. The second-order valence-corrected chi connectivity index (χ2v) is 7.98. The lowest BCUT2D eigenvalue weighted by Crippen LogP contribution is -2.56. The van der Waals surface area contributed by atoms with Crippen LogP contribution in [0.5, 0.6) is 0 Å². The van der Waals surface area contributed by atoms with E-state index >= 15 is 0 Å². The van der Waals surface area contributed by atoms with Crippen molar-refractivity contribution < 1.29 is 18.0 Å². The molecule has 9 nitrogen and oxygen atoms in total. The van der Waals surface area contributed by atoms with Gasteiger partial charge in [-0.3, -0.25) is 9.59 Å². The van der Waals surface area contributed by atoms with Gasteiger partial charge in [0.25, 0.3) is 11.8 Å². The molecule has 0 spiro atoms. The van der Waals surface area contributed by atoms with Gasteiger partial charge in [0, 0.05) is 51.7 Å². The number of amides is 2. The van der Waals surface area contributed by atoms with Gasteiger partial charge < -0.3 is 9.80 Å². The topological polar surface area (TPSA) is 94.1 Å². The Morgan fingerprint density at radius 2 is 1.59 bits per heavy atom. The molecule has 2 aliphatic heterocycles. The van der Waals surface area contributed by atoms with Crippen LogP contribution in [-0.4, -0.2) is 78.0 Å². The van der Waals surface area contributed by atoms with Crippen LogP contribution in [0, 0.1) is 0 Å². The summed E-state index contributed by atoms with van der Waals surface area (Å²) in [6.07, 6.45) is 3.24. The summed E-state index contributed by atoms with van der Waals surface area (Å²) >= 11 is 0. The fourth-order valence-electron chi connectivity index (χ4n) is 3.22. The zero-order valence-corrected chi connectivity index (χ0v) is 16.2. The Hall–Kier alpha value is -2.62. The highest BCUT2D eigenvalue weighted by Gasteiger charge is 2.45. The molecule has 10 heteroatoms. The number of likely N-dealkylation sites (N-methyl/N-ethyl adjacent to an activating group) is 2. The van der Waals surface area contributed by atoms with E-state index in [1.807, 2.05) is 23.1 Å². The number of aromatic nitrogens is 1. The monoisotopic (exact) mass is 393 g/mol. The van der Waals surface area contributed by atoms with Crippen LogP contribution < -0.4 is 4.90 Å². The summed E-state index contributed by atoms with van der Waals surface area (Å²) in [6.45, 7) is 5.69. The minimum atomic E-state index is -4.09. The predicted molar refractivity (Wildman–Crippen MR) is 99.8 cm³/mol. The largest absolute Gasteiger partial charge is 0.373 e. The average Bonchev–Trinajstić information content (AvgIpc) is 2.67. The first-order valence-electron chi connectivity index (χ1n) is 8.91. The van der Waals surface area contributed by atoms with Crippen LogP contribution in [0.1, 0.15) is 13.8 Å². The van der Waals surface area contributed by atoms with E-state index in [2.05, 4.69) is 9.88 Å². The Bertz CT molecular complexity index is 815. The van der Waals surface area contributed by atoms with Gasteiger partial charge in [-0.05, 0) is 26.0 Å². The Morgan fingerprint density at radius 3 is 2.07 bits per heavy atom. The third kappa shape index (κ3) is 3.48. The van der Waals surface area contributed by atoms with E-state index in [1.165, 1.54) is 6.20 Å². The third-order valence-electron chi connectivity index (χ3n) is 4.64. The van der Waals surface area contributed by atoms with E-state index < -0.39 is 22.0 Å². The maximum Gasteiger partial charge on any atom is 0.331 e. The fourth-order valence-corrected chi connectivity index (χ4v) is 4.72. The summed E-state index contributed by atoms with van der Waals surface area (Å²) < 4.78 is 26.3. The second-order valence-electron chi connectivity index (χ2n) is 6.20. The van der Waals surface area contributed by atoms with Crippen LogP contribution >= 0.6 is 0 Å². The Labute approximate surface area is 159 Å². The van der Waals surface area contributed by atoms with Crippen LogP contribution in [0.2, 0.25) is 0 Å². The molecular formula is C17H23N5O4S. The SMILES string of the molecule is CCN1C(=O)C(=CN2CCN(c3ccccn3)CC2)C(=O)N(CC)S1(=O)=O. The molecule has 2 aliphatic rings. The second kappa shape index (κ2) is 7.55. The van der Waals surface area contributed by atoms with Crippen LogP contribution in [0.25, 0.3) is 0 Å². The van der Waals surface area contributed by atoms with E-state index in [0.717, 1.165) is 14.4 Å². The highest BCUT2D eigenvalue weighted by Crippen LogP contribution is 2.23. The van der Waals surface area contributed by atoms with Crippen molar-refractivity contribution in [2.75, 3.05) is 44.2 Å². The molecule has 0 bridgehead atoms. The number of rotatable bonds is 4. The number of piperazine rings is 1. The first-order valence-corrected chi connectivity index (χ1v) is 10.3. The molecule has 0 N–H and O–H groups in total. The predicted octanol–water partition coefficient (Wildman–Crippen LogP) is 0.0429. The fraction of sp³-hybridized carbons (Fsp3) is 0.471. The van der Waals surface area contributed by atoms with Gasteiger partial charge in [0.1, 0.15) is 11.4 Å². The number of nitrogens with zero attached hydrogens (tertiary/aromatic N) is 5. The number of carbonyl (C=O) groups excluding carboxylic acids is 2. The van der Waals surface area contributed by atoms with Crippen molar-refractivity contribution in [1.82, 2.24) is 18.5 Å². The zero-order valence-electron chi connectivity index (χ0n) is 15.4. The molecule has 1 aromatic rings. The van der Waals surface area contributed by atoms with Gasteiger partial charge in [0.15, 0.2) is 0 Å². The minimum Gasteiger partial charge on any atom is -0.373 e. The van der Waals surface area contributed by atoms with Gasteiger partial charge in [-0.25, -0.2) is 13.6 Å². The van der Waals surface area contributed by atoms with Crippen molar-refractivity contribution in [3.8, 4) is 0 Å². The highest BCUT2D eigenvalue weighted by atomic mass is 32.2. The van der Waals surface area contributed by atoms with Crippen molar-refractivity contribution in [2.24, 2.45) is 0 Å².